The van der Waals surface area contributed by atoms with Crippen LogP contribution in [0, 0.1) is 17.1 Å². The van der Waals surface area contributed by atoms with Crippen LogP contribution < -0.4 is 5.32 Å². The number of anilines is 1. The Bertz CT molecular complexity index is 807. The van der Waals surface area contributed by atoms with Crippen molar-refractivity contribution >= 4 is 11.7 Å². The summed E-state index contributed by atoms with van der Waals surface area (Å²) < 4.78 is 18.4. The van der Waals surface area contributed by atoms with Gasteiger partial charge in [-0.05, 0) is 55.0 Å². The third-order valence-corrected chi connectivity index (χ3v) is 4.25. The number of benzene rings is 2. The maximum atomic E-state index is 13.2. The Labute approximate surface area is 146 Å². The van der Waals surface area contributed by atoms with E-state index in [0.717, 1.165) is 18.4 Å². The predicted molar refractivity (Wildman–Crippen MR) is 92.5 cm³/mol. The van der Waals surface area contributed by atoms with Crippen LogP contribution in [0.15, 0.2) is 42.5 Å². The minimum absolute atomic E-state index is 0.241. The van der Waals surface area contributed by atoms with Crippen molar-refractivity contribution in [1.82, 2.24) is 0 Å². The molecule has 1 unspecified atom stereocenters. The highest BCUT2D eigenvalue weighted by molar-refractivity contribution is 5.82. The lowest BCUT2D eigenvalue weighted by molar-refractivity contribution is -0.144. The van der Waals surface area contributed by atoms with Crippen molar-refractivity contribution in [1.29, 1.82) is 5.26 Å². The quantitative estimate of drug-likeness (QED) is 0.798. The Kier molecular flexibility index (Phi) is 4.99. The fourth-order valence-electron chi connectivity index (χ4n) is 2.86. The van der Waals surface area contributed by atoms with E-state index in [1.165, 1.54) is 12.1 Å². The second kappa shape index (κ2) is 7.35. The Morgan fingerprint density at radius 1 is 1.32 bits per heavy atom. The van der Waals surface area contributed by atoms with Crippen molar-refractivity contribution in [2.75, 3.05) is 11.9 Å². The van der Waals surface area contributed by atoms with Crippen LogP contribution in [0.4, 0.5) is 10.1 Å². The summed E-state index contributed by atoms with van der Waals surface area (Å²) in [5.74, 6) is -0.419. The summed E-state index contributed by atoms with van der Waals surface area (Å²) in [5, 5.41) is 12.7. The van der Waals surface area contributed by atoms with E-state index in [9.17, 15) is 14.4 Å². The average Bonchev–Trinajstić information content (AvgIpc) is 3.45. The molecular weight excluding hydrogens is 319 g/mol. The molecule has 0 heterocycles. The lowest BCUT2D eigenvalue weighted by Crippen LogP contribution is -2.24. The van der Waals surface area contributed by atoms with Crippen molar-refractivity contribution in [3.8, 4) is 6.07 Å². The molecule has 1 N–H and O–H groups in total. The molecule has 0 bridgehead atoms. The number of esters is 1. The van der Waals surface area contributed by atoms with E-state index in [2.05, 4.69) is 11.4 Å². The fourth-order valence-corrected chi connectivity index (χ4v) is 2.86. The van der Waals surface area contributed by atoms with E-state index < -0.39 is 12.0 Å². The minimum Gasteiger partial charge on any atom is -0.464 e. The van der Waals surface area contributed by atoms with Crippen molar-refractivity contribution < 1.29 is 13.9 Å². The van der Waals surface area contributed by atoms with E-state index in [4.69, 9.17) is 4.74 Å². The van der Waals surface area contributed by atoms with Gasteiger partial charge in [0, 0.05) is 0 Å². The average molecular weight is 338 g/mol. The number of nitrogens with zero attached hydrogens (tertiary/aromatic N) is 1. The minimum atomic E-state index is -0.804. The Balaban J connectivity index is 1.95. The highest BCUT2D eigenvalue weighted by atomic mass is 19.1. The molecule has 1 atom stereocenters. The van der Waals surface area contributed by atoms with E-state index >= 15 is 0 Å². The molecule has 0 aromatic heterocycles. The smallest absolute Gasteiger partial charge is 0.333 e. The number of carbonyl (C=O) groups is 1. The molecular formula is C20H19FN2O2. The van der Waals surface area contributed by atoms with Gasteiger partial charge in [0.15, 0.2) is 6.04 Å². The van der Waals surface area contributed by atoms with Crippen molar-refractivity contribution in [2.45, 2.75) is 31.7 Å². The number of hydrogen-bond donors (Lipinski definition) is 1. The molecule has 1 saturated carbocycles. The van der Waals surface area contributed by atoms with Crippen LogP contribution in [-0.4, -0.2) is 12.6 Å². The van der Waals surface area contributed by atoms with Crippen molar-refractivity contribution in [3.63, 3.8) is 0 Å². The number of hydrogen-bond acceptors (Lipinski definition) is 4. The first-order valence-electron chi connectivity index (χ1n) is 8.35. The van der Waals surface area contributed by atoms with E-state index in [0.29, 0.717) is 22.7 Å². The van der Waals surface area contributed by atoms with E-state index in [1.807, 2.05) is 12.1 Å². The molecule has 1 aliphatic carbocycles. The molecule has 4 nitrogen and oxygen atoms in total. The Morgan fingerprint density at radius 2 is 2.04 bits per heavy atom. The molecule has 128 valence electrons. The molecule has 1 aliphatic rings. The van der Waals surface area contributed by atoms with Crippen LogP contribution in [0.2, 0.25) is 0 Å². The van der Waals surface area contributed by atoms with Gasteiger partial charge in [0.05, 0.1) is 17.9 Å². The molecule has 0 saturated heterocycles. The maximum absolute atomic E-state index is 13.2. The molecule has 3 rings (SSSR count). The van der Waals surface area contributed by atoms with Crippen LogP contribution in [-0.2, 0) is 9.53 Å². The van der Waals surface area contributed by atoms with Crippen molar-refractivity contribution in [2.24, 2.45) is 0 Å². The van der Waals surface area contributed by atoms with Gasteiger partial charge < -0.3 is 10.1 Å². The van der Waals surface area contributed by atoms with Gasteiger partial charge in [-0.3, -0.25) is 0 Å². The summed E-state index contributed by atoms with van der Waals surface area (Å²) in [6.07, 6.45) is 2.16. The number of halogens is 1. The van der Waals surface area contributed by atoms with Gasteiger partial charge in [0.2, 0.25) is 0 Å². The summed E-state index contributed by atoms with van der Waals surface area (Å²) >= 11 is 0. The van der Waals surface area contributed by atoms with Gasteiger partial charge in [-0.1, -0.05) is 24.3 Å². The first kappa shape index (κ1) is 17.0. The third-order valence-electron chi connectivity index (χ3n) is 4.25. The number of nitrogens with one attached hydrogen (secondary N) is 1. The molecule has 1 fully saturated rings. The predicted octanol–water partition coefficient (Wildman–Crippen LogP) is 4.29. The van der Waals surface area contributed by atoms with Gasteiger partial charge in [-0.25, -0.2) is 9.18 Å². The lowest BCUT2D eigenvalue weighted by atomic mass is 10.0. The summed E-state index contributed by atoms with van der Waals surface area (Å²) in [5.41, 5.74) is 2.74. The first-order valence-corrected chi connectivity index (χ1v) is 8.35. The zero-order valence-electron chi connectivity index (χ0n) is 14.0. The molecule has 0 aliphatic heterocycles. The monoisotopic (exact) mass is 338 g/mol. The molecule has 25 heavy (non-hydrogen) atoms. The zero-order valence-corrected chi connectivity index (χ0v) is 14.0. The largest absolute Gasteiger partial charge is 0.464 e. The summed E-state index contributed by atoms with van der Waals surface area (Å²) in [4.78, 5) is 12.4. The van der Waals surface area contributed by atoms with Crippen molar-refractivity contribution in [3.05, 3.63) is 65.0 Å². The van der Waals surface area contributed by atoms with Gasteiger partial charge in [0.1, 0.15) is 11.9 Å². The zero-order chi connectivity index (χ0) is 17.8. The van der Waals surface area contributed by atoms with Gasteiger partial charge in [0.25, 0.3) is 0 Å². The molecule has 5 heteroatoms. The van der Waals surface area contributed by atoms with Crippen LogP contribution in [0.5, 0.6) is 0 Å². The SMILES string of the molecule is CCOC(=O)C(Nc1cccc(C2CC2)c1C#N)c1ccc(F)cc1. The van der Waals surface area contributed by atoms with Gasteiger partial charge in [-0.15, -0.1) is 0 Å². The number of carbonyl (C=O) groups excluding carboxylic acids is 1. The topological polar surface area (TPSA) is 62.1 Å². The van der Waals surface area contributed by atoms with Crippen LogP contribution in [0.1, 0.15) is 48.4 Å². The molecule has 2 aromatic rings. The maximum Gasteiger partial charge on any atom is 0.333 e. The highest BCUT2D eigenvalue weighted by Crippen LogP contribution is 2.43. The summed E-state index contributed by atoms with van der Waals surface area (Å²) in [6, 6.07) is 12.7. The van der Waals surface area contributed by atoms with E-state index in [1.54, 1.807) is 25.1 Å². The molecule has 0 spiro atoms. The Morgan fingerprint density at radius 3 is 2.64 bits per heavy atom. The van der Waals surface area contributed by atoms with Gasteiger partial charge in [-0.2, -0.15) is 5.26 Å². The normalized spacial score (nSPS) is 14.4. The Hall–Kier alpha value is -2.87. The third kappa shape index (κ3) is 3.80. The summed E-state index contributed by atoms with van der Waals surface area (Å²) in [7, 11) is 0. The van der Waals surface area contributed by atoms with Crippen LogP contribution >= 0.6 is 0 Å². The second-order valence-electron chi connectivity index (χ2n) is 6.04. The number of rotatable bonds is 6. The molecule has 2 aromatic carbocycles. The van der Waals surface area contributed by atoms with E-state index in [-0.39, 0.29) is 12.4 Å². The lowest BCUT2D eigenvalue weighted by Gasteiger charge is -2.20. The fraction of sp³-hybridized carbons (Fsp3) is 0.300. The highest BCUT2D eigenvalue weighted by Gasteiger charge is 2.29. The number of nitriles is 1. The molecule has 0 radical (unpaired) electrons. The van der Waals surface area contributed by atoms with Crippen LogP contribution in [0.3, 0.4) is 0 Å². The van der Waals surface area contributed by atoms with Crippen LogP contribution in [0.25, 0.3) is 0 Å². The second-order valence-corrected chi connectivity index (χ2v) is 6.04. The standard InChI is InChI=1S/C20H19FN2O2/c1-2-25-20(24)19(14-8-10-15(21)11-9-14)23-18-5-3-4-16(13-6-7-13)17(18)12-22/h3-5,8-11,13,19,23H,2,6-7H2,1H3. The number of ether oxygens (including phenoxy) is 1. The van der Waals surface area contributed by atoms with Gasteiger partial charge >= 0.3 is 5.97 Å². The first-order chi connectivity index (χ1) is 12.1. The summed E-state index contributed by atoms with van der Waals surface area (Å²) in [6.45, 7) is 1.97. The molecule has 0 amide bonds.